The normalized spacial score (nSPS) is 13.4. The van der Waals surface area contributed by atoms with E-state index >= 15 is 0 Å². The summed E-state index contributed by atoms with van der Waals surface area (Å²) in [4.78, 5) is 17.7. The van der Waals surface area contributed by atoms with E-state index in [1.807, 2.05) is 0 Å². The van der Waals surface area contributed by atoms with Crippen LogP contribution in [-0.2, 0) is 0 Å². The molecular weight excluding hydrogens is 365 g/mol. The summed E-state index contributed by atoms with van der Waals surface area (Å²) >= 11 is 3.32. The number of aromatic nitrogens is 2. The van der Waals surface area contributed by atoms with Crippen molar-refractivity contribution >= 4 is 34.0 Å². The van der Waals surface area contributed by atoms with Crippen LogP contribution < -0.4 is 5.32 Å². The van der Waals surface area contributed by atoms with Gasteiger partial charge in [0, 0.05) is 23.0 Å². The Morgan fingerprint density at radius 1 is 1.43 bits per heavy atom. The standard InChI is InChI=1S/C15H13BrFN5O/c1-10-8-13(19-15(23)21-7-3-6-18-9-21)22(20-10)14-11(16)4-2-5-12(14)17/h2-8H,9H2,1H3,(H,19,23). The molecule has 8 heteroatoms. The van der Waals surface area contributed by atoms with Crippen LogP contribution in [0.3, 0.4) is 0 Å². The molecule has 0 fully saturated rings. The largest absolute Gasteiger partial charge is 0.328 e. The number of urea groups is 1. The maximum Gasteiger partial charge on any atom is 0.328 e. The Balaban J connectivity index is 1.94. The monoisotopic (exact) mass is 377 g/mol. The number of anilines is 1. The molecule has 23 heavy (non-hydrogen) atoms. The lowest BCUT2D eigenvalue weighted by molar-refractivity contribution is 0.229. The number of benzene rings is 1. The van der Waals surface area contributed by atoms with Gasteiger partial charge in [-0.3, -0.25) is 15.2 Å². The lowest BCUT2D eigenvalue weighted by Gasteiger charge is -2.19. The van der Waals surface area contributed by atoms with Crippen molar-refractivity contribution in [2.45, 2.75) is 6.92 Å². The van der Waals surface area contributed by atoms with E-state index in [4.69, 9.17) is 0 Å². The summed E-state index contributed by atoms with van der Waals surface area (Å²) in [6, 6.07) is 5.95. The molecule has 0 atom stereocenters. The molecule has 3 rings (SSSR count). The van der Waals surface area contributed by atoms with E-state index in [1.165, 1.54) is 15.6 Å². The fourth-order valence-electron chi connectivity index (χ4n) is 2.15. The van der Waals surface area contributed by atoms with Crippen LogP contribution in [-0.4, -0.2) is 33.6 Å². The molecule has 1 aromatic carbocycles. The SMILES string of the molecule is Cc1cc(NC(=O)N2C=CC=NC2)n(-c2c(F)cccc2Br)n1. The van der Waals surface area contributed by atoms with Crippen molar-refractivity contribution in [1.29, 1.82) is 0 Å². The lowest BCUT2D eigenvalue weighted by atomic mass is 10.3. The Kier molecular flexibility index (Phi) is 4.24. The summed E-state index contributed by atoms with van der Waals surface area (Å²) in [6.07, 6.45) is 4.91. The van der Waals surface area contributed by atoms with Crippen molar-refractivity contribution in [1.82, 2.24) is 14.7 Å². The van der Waals surface area contributed by atoms with E-state index in [0.717, 1.165) is 0 Å². The second-order valence-corrected chi connectivity index (χ2v) is 5.72. The van der Waals surface area contributed by atoms with Gasteiger partial charge >= 0.3 is 6.03 Å². The topological polar surface area (TPSA) is 62.5 Å². The van der Waals surface area contributed by atoms with E-state index < -0.39 is 5.82 Å². The van der Waals surface area contributed by atoms with Gasteiger partial charge in [-0.25, -0.2) is 13.9 Å². The molecule has 0 radical (unpaired) electrons. The molecule has 0 saturated carbocycles. The van der Waals surface area contributed by atoms with Crippen molar-refractivity contribution in [3.8, 4) is 5.69 Å². The maximum absolute atomic E-state index is 14.2. The van der Waals surface area contributed by atoms with Crippen molar-refractivity contribution < 1.29 is 9.18 Å². The van der Waals surface area contributed by atoms with Gasteiger partial charge in [0.15, 0.2) is 0 Å². The molecule has 2 amide bonds. The van der Waals surface area contributed by atoms with Crippen molar-refractivity contribution in [2.24, 2.45) is 4.99 Å². The molecule has 118 valence electrons. The Bertz CT molecular complexity index is 794. The molecule has 1 aliphatic rings. The van der Waals surface area contributed by atoms with Gasteiger partial charge in [0.1, 0.15) is 24.0 Å². The molecule has 1 aromatic heterocycles. The van der Waals surface area contributed by atoms with Gasteiger partial charge in [0.25, 0.3) is 0 Å². The number of para-hydroxylation sites is 1. The number of nitrogens with zero attached hydrogens (tertiary/aromatic N) is 4. The number of halogens is 2. The molecular formula is C15H13BrFN5O. The van der Waals surface area contributed by atoms with Gasteiger partial charge < -0.3 is 0 Å². The van der Waals surface area contributed by atoms with Gasteiger partial charge in [-0.1, -0.05) is 6.07 Å². The minimum absolute atomic E-state index is 0.235. The summed E-state index contributed by atoms with van der Waals surface area (Å²) < 4.78 is 16.1. The van der Waals surface area contributed by atoms with E-state index in [2.05, 4.69) is 31.3 Å². The van der Waals surface area contributed by atoms with Crippen LogP contribution in [0.2, 0.25) is 0 Å². The van der Waals surface area contributed by atoms with E-state index in [0.29, 0.717) is 16.0 Å². The quantitative estimate of drug-likeness (QED) is 0.870. The van der Waals surface area contributed by atoms with Crippen LogP contribution in [0.5, 0.6) is 0 Å². The Morgan fingerprint density at radius 2 is 2.26 bits per heavy atom. The molecule has 0 saturated heterocycles. The number of nitrogens with one attached hydrogen (secondary N) is 1. The van der Waals surface area contributed by atoms with Crippen LogP contribution in [0.4, 0.5) is 15.0 Å². The summed E-state index contributed by atoms with van der Waals surface area (Å²) in [6.45, 7) is 2.00. The smallest absolute Gasteiger partial charge is 0.292 e. The van der Waals surface area contributed by atoms with Gasteiger partial charge in [0.05, 0.1) is 5.69 Å². The van der Waals surface area contributed by atoms with E-state index in [9.17, 15) is 9.18 Å². The average molecular weight is 378 g/mol. The van der Waals surface area contributed by atoms with E-state index in [1.54, 1.807) is 43.6 Å². The summed E-state index contributed by atoms with van der Waals surface area (Å²) in [5.74, 6) is -0.0679. The summed E-state index contributed by atoms with van der Waals surface area (Å²) in [5.41, 5.74) is 0.894. The highest BCUT2D eigenvalue weighted by molar-refractivity contribution is 9.10. The summed E-state index contributed by atoms with van der Waals surface area (Å²) in [7, 11) is 0. The van der Waals surface area contributed by atoms with Crippen LogP contribution in [0.1, 0.15) is 5.69 Å². The zero-order valence-corrected chi connectivity index (χ0v) is 13.8. The number of hydrogen-bond donors (Lipinski definition) is 1. The van der Waals surface area contributed by atoms with Gasteiger partial charge in [-0.2, -0.15) is 5.10 Å². The fourth-order valence-corrected chi connectivity index (χ4v) is 2.66. The Hall–Kier alpha value is -2.48. The lowest BCUT2D eigenvalue weighted by Crippen LogP contribution is -2.32. The number of rotatable bonds is 2. The minimum Gasteiger partial charge on any atom is -0.292 e. The average Bonchev–Trinajstić information content (AvgIpc) is 2.88. The van der Waals surface area contributed by atoms with Crippen LogP contribution in [0.15, 0.2) is 46.0 Å². The Labute approximate surface area is 140 Å². The maximum atomic E-state index is 14.2. The highest BCUT2D eigenvalue weighted by Crippen LogP contribution is 2.27. The van der Waals surface area contributed by atoms with Gasteiger partial charge in [-0.05, 0) is 41.1 Å². The molecule has 2 heterocycles. The summed E-state index contributed by atoms with van der Waals surface area (Å²) in [5, 5.41) is 7.00. The Morgan fingerprint density at radius 3 is 2.96 bits per heavy atom. The molecule has 1 N–H and O–H groups in total. The highest BCUT2D eigenvalue weighted by Gasteiger charge is 2.18. The third-order valence-corrected chi connectivity index (χ3v) is 3.81. The number of carbonyl (C=O) groups excluding carboxylic acids is 1. The number of aliphatic imine (C=N–C) groups is 1. The first-order chi connectivity index (χ1) is 11.1. The second-order valence-electron chi connectivity index (χ2n) is 4.87. The number of aryl methyl sites for hydroxylation is 1. The highest BCUT2D eigenvalue weighted by atomic mass is 79.9. The van der Waals surface area contributed by atoms with Crippen molar-refractivity contribution in [2.75, 3.05) is 12.0 Å². The second kappa shape index (κ2) is 6.33. The first-order valence-electron chi connectivity index (χ1n) is 6.81. The molecule has 0 spiro atoms. The van der Waals surface area contributed by atoms with Crippen molar-refractivity contribution in [3.63, 3.8) is 0 Å². The number of amides is 2. The molecule has 0 unspecified atom stereocenters. The fraction of sp³-hybridized carbons (Fsp3) is 0.133. The molecule has 0 bridgehead atoms. The van der Waals surface area contributed by atoms with Crippen LogP contribution in [0, 0.1) is 12.7 Å². The minimum atomic E-state index is -0.444. The van der Waals surface area contributed by atoms with Crippen molar-refractivity contribution in [3.05, 3.63) is 52.5 Å². The third-order valence-electron chi connectivity index (χ3n) is 3.17. The van der Waals surface area contributed by atoms with Crippen LogP contribution in [0.25, 0.3) is 5.69 Å². The molecule has 2 aromatic rings. The number of hydrogen-bond acceptors (Lipinski definition) is 3. The third kappa shape index (κ3) is 3.16. The predicted octanol–water partition coefficient (Wildman–Crippen LogP) is 3.47. The van der Waals surface area contributed by atoms with Gasteiger partial charge in [-0.15, -0.1) is 0 Å². The van der Waals surface area contributed by atoms with Crippen LogP contribution >= 0.6 is 15.9 Å². The van der Waals surface area contributed by atoms with Gasteiger partial charge in [0.2, 0.25) is 0 Å². The first kappa shape index (κ1) is 15.4. The van der Waals surface area contributed by atoms with E-state index in [-0.39, 0.29) is 18.4 Å². The zero-order chi connectivity index (χ0) is 16.4. The molecule has 6 nitrogen and oxygen atoms in total. The molecule has 0 aliphatic carbocycles. The molecule has 1 aliphatic heterocycles. The predicted molar refractivity (Wildman–Crippen MR) is 89.3 cm³/mol. The zero-order valence-electron chi connectivity index (χ0n) is 12.2. The number of carbonyl (C=O) groups is 1. The first-order valence-corrected chi connectivity index (χ1v) is 7.61. The number of allylic oxidation sites excluding steroid dienone is 1.